The Labute approximate surface area is 142 Å². The fourth-order valence-electron chi connectivity index (χ4n) is 2.03. The van der Waals surface area contributed by atoms with Crippen molar-refractivity contribution < 1.29 is 26.4 Å². The van der Waals surface area contributed by atoms with Crippen LogP contribution >= 0.6 is 0 Å². The predicted octanol–water partition coefficient (Wildman–Crippen LogP) is 3.01. The van der Waals surface area contributed by atoms with Crippen LogP contribution in [0.2, 0.25) is 0 Å². The van der Waals surface area contributed by atoms with Gasteiger partial charge in [-0.3, -0.25) is 4.79 Å². The molecule has 0 radical (unpaired) electrons. The van der Waals surface area contributed by atoms with Crippen LogP contribution < -0.4 is 10.0 Å². The minimum absolute atomic E-state index is 0.0397. The molecule has 0 aromatic heterocycles. The molecular formula is C16H15F3N2O3S. The van der Waals surface area contributed by atoms with Gasteiger partial charge >= 0.3 is 6.18 Å². The van der Waals surface area contributed by atoms with Gasteiger partial charge in [-0.15, -0.1) is 0 Å². The molecule has 0 unspecified atom stereocenters. The van der Waals surface area contributed by atoms with Gasteiger partial charge in [0.05, 0.1) is 16.1 Å². The highest BCUT2D eigenvalue weighted by Gasteiger charge is 2.33. The number of benzene rings is 2. The summed E-state index contributed by atoms with van der Waals surface area (Å²) < 4.78 is 64.7. The number of anilines is 1. The molecule has 2 aromatic rings. The number of para-hydroxylation sites is 1. The van der Waals surface area contributed by atoms with Gasteiger partial charge in [0.1, 0.15) is 0 Å². The fraction of sp³-hybridized carbons (Fsp3) is 0.188. The molecule has 0 aliphatic heterocycles. The van der Waals surface area contributed by atoms with E-state index < -0.39 is 27.7 Å². The Morgan fingerprint density at radius 3 is 2.20 bits per heavy atom. The second-order valence-electron chi connectivity index (χ2n) is 5.05. The van der Waals surface area contributed by atoms with Gasteiger partial charge < -0.3 is 5.32 Å². The number of nitrogens with one attached hydrogen (secondary N) is 2. The Hall–Kier alpha value is -2.39. The predicted molar refractivity (Wildman–Crippen MR) is 86.3 cm³/mol. The van der Waals surface area contributed by atoms with E-state index in [9.17, 15) is 26.4 Å². The lowest BCUT2D eigenvalue weighted by Gasteiger charge is -2.13. The average Bonchev–Trinajstić information content (AvgIpc) is 2.55. The molecule has 0 heterocycles. The van der Waals surface area contributed by atoms with Crippen LogP contribution in [-0.2, 0) is 21.0 Å². The quantitative estimate of drug-likeness (QED) is 0.819. The topological polar surface area (TPSA) is 75.3 Å². The van der Waals surface area contributed by atoms with Crippen LogP contribution in [0.4, 0.5) is 18.9 Å². The minimum Gasteiger partial charge on any atom is -0.325 e. The first kappa shape index (κ1) is 18.9. The van der Waals surface area contributed by atoms with Crippen LogP contribution in [0.15, 0.2) is 59.5 Å². The van der Waals surface area contributed by atoms with E-state index >= 15 is 0 Å². The minimum atomic E-state index is -4.60. The highest BCUT2D eigenvalue weighted by molar-refractivity contribution is 7.89. The maximum absolute atomic E-state index is 12.9. The van der Waals surface area contributed by atoms with Crippen LogP contribution in [0.1, 0.15) is 12.0 Å². The zero-order valence-electron chi connectivity index (χ0n) is 12.9. The molecule has 0 aliphatic carbocycles. The van der Waals surface area contributed by atoms with E-state index in [0.29, 0.717) is 0 Å². The molecule has 5 nitrogen and oxygen atoms in total. The monoisotopic (exact) mass is 372 g/mol. The van der Waals surface area contributed by atoms with Crippen LogP contribution in [0.3, 0.4) is 0 Å². The normalized spacial score (nSPS) is 12.0. The summed E-state index contributed by atoms with van der Waals surface area (Å²) in [5.74, 6) is -0.729. The zero-order chi connectivity index (χ0) is 18.5. The smallest absolute Gasteiger partial charge is 0.325 e. The molecule has 0 atom stereocenters. The van der Waals surface area contributed by atoms with Crippen LogP contribution in [0, 0.1) is 0 Å². The molecule has 1 amide bonds. The Balaban J connectivity index is 1.94. The summed E-state index contributed by atoms with van der Waals surface area (Å²) in [5, 5.41) is 2.15. The maximum atomic E-state index is 12.9. The van der Waals surface area contributed by atoms with Crippen LogP contribution in [0.25, 0.3) is 0 Å². The Bertz CT molecular complexity index is 837. The molecule has 0 saturated heterocycles. The summed E-state index contributed by atoms with van der Waals surface area (Å²) in [4.78, 5) is 11.8. The largest absolute Gasteiger partial charge is 0.418 e. The number of alkyl halides is 3. The molecule has 2 rings (SSSR count). The highest BCUT2D eigenvalue weighted by atomic mass is 32.2. The number of carbonyl (C=O) groups is 1. The second kappa shape index (κ2) is 7.66. The number of carbonyl (C=O) groups excluding carboxylic acids is 1. The number of hydrogen-bond donors (Lipinski definition) is 2. The molecule has 134 valence electrons. The van der Waals surface area contributed by atoms with Gasteiger partial charge in [-0.05, 0) is 24.3 Å². The average molecular weight is 372 g/mol. The molecule has 0 saturated carbocycles. The number of halogens is 3. The van der Waals surface area contributed by atoms with E-state index in [1.54, 1.807) is 18.2 Å². The first-order valence-electron chi connectivity index (χ1n) is 7.21. The third-order valence-corrected chi connectivity index (χ3v) is 4.68. The van der Waals surface area contributed by atoms with E-state index in [0.717, 1.165) is 12.1 Å². The van der Waals surface area contributed by atoms with Gasteiger partial charge in [0.15, 0.2) is 0 Å². The van der Waals surface area contributed by atoms with Gasteiger partial charge in [0.2, 0.25) is 15.9 Å². The molecule has 0 spiro atoms. The lowest BCUT2D eigenvalue weighted by Crippen LogP contribution is -2.28. The lowest BCUT2D eigenvalue weighted by atomic mass is 10.1. The van der Waals surface area contributed by atoms with Crippen LogP contribution in [-0.4, -0.2) is 20.9 Å². The molecule has 25 heavy (non-hydrogen) atoms. The van der Waals surface area contributed by atoms with Crippen molar-refractivity contribution in [2.24, 2.45) is 0 Å². The first-order chi connectivity index (χ1) is 11.7. The molecule has 2 aromatic carbocycles. The van der Waals surface area contributed by atoms with Crippen molar-refractivity contribution in [2.75, 3.05) is 11.9 Å². The van der Waals surface area contributed by atoms with Gasteiger partial charge in [0, 0.05) is 13.0 Å². The van der Waals surface area contributed by atoms with Crippen molar-refractivity contribution in [2.45, 2.75) is 17.5 Å². The Kier molecular flexibility index (Phi) is 5.81. The first-order valence-corrected chi connectivity index (χ1v) is 8.69. The standard InChI is InChI=1S/C16H15F3N2O3S/c17-16(18,19)13-8-4-5-9-14(13)21-15(22)10-11-20-25(23,24)12-6-2-1-3-7-12/h1-9,20H,10-11H2,(H,21,22). The van der Waals surface area contributed by atoms with Gasteiger partial charge in [-0.25, -0.2) is 13.1 Å². The van der Waals surface area contributed by atoms with E-state index in [-0.39, 0.29) is 23.5 Å². The third kappa shape index (κ3) is 5.30. The summed E-state index contributed by atoms with van der Waals surface area (Å²) in [6.45, 7) is -0.239. The molecule has 0 bridgehead atoms. The molecule has 0 aliphatic rings. The van der Waals surface area contributed by atoms with E-state index in [1.165, 1.54) is 24.3 Å². The van der Waals surface area contributed by atoms with E-state index in [1.807, 2.05) is 0 Å². The van der Waals surface area contributed by atoms with Crippen LogP contribution in [0.5, 0.6) is 0 Å². The maximum Gasteiger partial charge on any atom is 0.418 e. The van der Waals surface area contributed by atoms with E-state index in [4.69, 9.17) is 0 Å². The Morgan fingerprint density at radius 2 is 1.56 bits per heavy atom. The Morgan fingerprint density at radius 1 is 0.960 bits per heavy atom. The summed E-state index contributed by atoms with van der Waals surface area (Å²) in [6, 6.07) is 12.1. The fourth-order valence-corrected chi connectivity index (χ4v) is 3.09. The molecule has 2 N–H and O–H groups in total. The number of rotatable bonds is 6. The summed E-state index contributed by atoms with van der Waals surface area (Å²) in [6.07, 6.45) is -4.91. The lowest BCUT2D eigenvalue weighted by molar-refractivity contribution is -0.137. The van der Waals surface area contributed by atoms with Crippen molar-refractivity contribution >= 4 is 21.6 Å². The highest BCUT2D eigenvalue weighted by Crippen LogP contribution is 2.34. The summed E-state index contributed by atoms with van der Waals surface area (Å²) >= 11 is 0. The summed E-state index contributed by atoms with van der Waals surface area (Å²) in [7, 11) is -3.77. The van der Waals surface area contributed by atoms with E-state index in [2.05, 4.69) is 10.0 Å². The van der Waals surface area contributed by atoms with Crippen molar-refractivity contribution in [3.05, 3.63) is 60.2 Å². The molecule has 0 fully saturated rings. The molecule has 9 heteroatoms. The van der Waals surface area contributed by atoms with Gasteiger partial charge in [-0.1, -0.05) is 30.3 Å². The second-order valence-corrected chi connectivity index (χ2v) is 6.82. The number of amides is 1. The van der Waals surface area contributed by atoms with Crippen molar-refractivity contribution in [1.82, 2.24) is 4.72 Å². The molecular weight excluding hydrogens is 357 g/mol. The van der Waals surface area contributed by atoms with Crippen molar-refractivity contribution in [3.8, 4) is 0 Å². The van der Waals surface area contributed by atoms with Gasteiger partial charge in [-0.2, -0.15) is 13.2 Å². The third-order valence-electron chi connectivity index (χ3n) is 3.20. The van der Waals surface area contributed by atoms with Crippen molar-refractivity contribution in [3.63, 3.8) is 0 Å². The summed E-state index contributed by atoms with van der Waals surface area (Å²) in [5.41, 5.74) is -1.33. The number of sulfonamides is 1. The zero-order valence-corrected chi connectivity index (χ0v) is 13.7. The van der Waals surface area contributed by atoms with Gasteiger partial charge in [0.25, 0.3) is 0 Å². The number of hydrogen-bond acceptors (Lipinski definition) is 3. The SMILES string of the molecule is O=C(CCNS(=O)(=O)c1ccccc1)Nc1ccccc1C(F)(F)F. The van der Waals surface area contributed by atoms with Crippen molar-refractivity contribution in [1.29, 1.82) is 0 Å².